The maximum absolute atomic E-state index is 13.2. The number of nitrogens with zero attached hydrogens (tertiary/aromatic N) is 1. The summed E-state index contributed by atoms with van der Waals surface area (Å²) in [5.74, 6) is 0.461. The minimum absolute atomic E-state index is 0.0213. The molecule has 1 heterocycles. The summed E-state index contributed by atoms with van der Waals surface area (Å²) in [6, 6.07) is 7.79. The van der Waals surface area contributed by atoms with Crippen molar-refractivity contribution in [1.82, 2.24) is 4.90 Å². The van der Waals surface area contributed by atoms with Crippen molar-refractivity contribution < 1.29 is 14.3 Å². The number of rotatable bonds is 4. The molecule has 3 aliphatic rings. The molecule has 0 spiro atoms. The number of carbonyl (C=O) groups excluding carboxylic acids is 2. The molecular formula is C22H27NO3. The van der Waals surface area contributed by atoms with E-state index in [1.165, 1.54) is 16.0 Å². The first-order valence-electron chi connectivity index (χ1n) is 9.41. The van der Waals surface area contributed by atoms with Gasteiger partial charge in [-0.25, -0.2) is 0 Å². The number of methoxy groups -OCH3 is 1. The Hall–Kier alpha value is -2.10. The molecule has 1 aromatic carbocycles. The first kappa shape index (κ1) is 17.3. The van der Waals surface area contributed by atoms with Gasteiger partial charge in [-0.05, 0) is 38.3 Å². The fourth-order valence-electron chi connectivity index (χ4n) is 5.94. The van der Waals surface area contributed by atoms with Crippen molar-refractivity contribution in [2.75, 3.05) is 13.7 Å². The van der Waals surface area contributed by atoms with E-state index in [-0.39, 0.29) is 34.5 Å². The van der Waals surface area contributed by atoms with Crippen LogP contribution >= 0.6 is 0 Å². The van der Waals surface area contributed by atoms with Crippen molar-refractivity contribution in [3.8, 4) is 5.75 Å². The standard InChI is InChI=1S/C22H27NO3/c1-13-14(2)22(4)12-21(13,3)17-18(22)20(25)23(19(17)24)11-10-15-8-6-7-9-16(15)26-5/h6-9,17-18H,10-12H2,1-5H3. The predicted molar refractivity (Wildman–Crippen MR) is 99.6 cm³/mol. The minimum atomic E-state index is -0.193. The van der Waals surface area contributed by atoms with E-state index in [4.69, 9.17) is 4.74 Å². The van der Waals surface area contributed by atoms with Crippen LogP contribution in [-0.4, -0.2) is 30.4 Å². The normalized spacial score (nSPS) is 35.5. The lowest BCUT2D eigenvalue weighted by Gasteiger charge is -2.34. The van der Waals surface area contributed by atoms with E-state index >= 15 is 0 Å². The van der Waals surface area contributed by atoms with E-state index in [9.17, 15) is 9.59 Å². The van der Waals surface area contributed by atoms with Crippen LogP contribution in [0.5, 0.6) is 5.75 Å². The number of allylic oxidation sites excluding steroid dienone is 2. The second-order valence-electron chi connectivity index (χ2n) is 8.61. The summed E-state index contributed by atoms with van der Waals surface area (Å²) >= 11 is 0. The highest BCUT2D eigenvalue weighted by Gasteiger charge is 2.71. The van der Waals surface area contributed by atoms with Gasteiger partial charge in [-0.1, -0.05) is 43.2 Å². The highest BCUT2D eigenvalue weighted by Crippen LogP contribution is 2.71. The number of imide groups is 1. The van der Waals surface area contributed by atoms with Crippen LogP contribution < -0.4 is 4.74 Å². The van der Waals surface area contributed by atoms with Gasteiger partial charge in [-0.3, -0.25) is 14.5 Å². The van der Waals surface area contributed by atoms with Crippen LogP contribution in [0.3, 0.4) is 0 Å². The van der Waals surface area contributed by atoms with E-state index in [0.717, 1.165) is 17.7 Å². The van der Waals surface area contributed by atoms with Gasteiger partial charge in [-0.2, -0.15) is 0 Å². The second kappa shape index (κ2) is 5.45. The molecule has 0 N–H and O–H groups in total. The molecule has 0 aromatic heterocycles. The lowest BCUT2D eigenvalue weighted by atomic mass is 9.66. The number of benzene rings is 1. The topological polar surface area (TPSA) is 46.6 Å². The Balaban J connectivity index is 1.61. The summed E-state index contributed by atoms with van der Waals surface area (Å²) in [6.07, 6.45) is 1.55. The number of hydrogen-bond acceptors (Lipinski definition) is 3. The van der Waals surface area contributed by atoms with Gasteiger partial charge in [0.15, 0.2) is 0 Å². The first-order chi connectivity index (χ1) is 12.3. The largest absolute Gasteiger partial charge is 0.496 e. The third-order valence-electron chi connectivity index (χ3n) is 7.58. The van der Waals surface area contributed by atoms with E-state index < -0.39 is 0 Å². The number of likely N-dealkylation sites (tertiary alicyclic amines) is 1. The lowest BCUT2D eigenvalue weighted by molar-refractivity contribution is -0.141. The van der Waals surface area contributed by atoms with Gasteiger partial charge in [0.25, 0.3) is 0 Å². The lowest BCUT2D eigenvalue weighted by Crippen LogP contribution is -2.37. The van der Waals surface area contributed by atoms with E-state index in [1.807, 2.05) is 24.3 Å². The Morgan fingerprint density at radius 1 is 1.04 bits per heavy atom. The fraction of sp³-hybridized carbons (Fsp3) is 0.545. The van der Waals surface area contributed by atoms with Crippen LogP contribution in [-0.2, 0) is 16.0 Å². The number of amides is 2. The third kappa shape index (κ3) is 1.96. The zero-order valence-electron chi connectivity index (χ0n) is 16.3. The van der Waals surface area contributed by atoms with Gasteiger partial charge in [0.05, 0.1) is 18.9 Å². The molecule has 2 amide bonds. The SMILES string of the molecule is COc1ccccc1CCN1C(=O)C2C(C1=O)C1(C)CC2(C)C(C)=C1C. The summed E-state index contributed by atoms with van der Waals surface area (Å²) in [5.41, 5.74) is 3.31. The highest BCUT2D eigenvalue weighted by molar-refractivity contribution is 6.07. The molecule has 4 nitrogen and oxygen atoms in total. The molecule has 4 heteroatoms. The number of para-hydroxylation sites is 1. The van der Waals surface area contributed by atoms with Crippen LogP contribution in [0.4, 0.5) is 0 Å². The van der Waals surface area contributed by atoms with Gasteiger partial charge in [-0.15, -0.1) is 0 Å². The smallest absolute Gasteiger partial charge is 0.234 e. The van der Waals surface area contributed by atoms with Crippen molar-refractivity contribution in [1.29, 1.82) is 0 Å². The Bertz CT molecular complexity index is 800. The molecule has 138 valence electrons. The molecular weight excluding hydrogens is 326 g/mol. The summed E-state index contributed by atoms with van der Waals surface area (Å²) in [5, 5.41) is 0. The van der Waals surface area contributed by atoms with Gasteiger partial charge < -0.3 is 4.74 Å². The molecule has 0 radical (unpaired) electrons. The third-order valence-corrected chi connectivity index (χ3v) is 7.58. The predicted octanol–water partition coefficient (Wildman–Crippen LogP) is 3.61. The Morgan fingerprint density at radius 2 is 1.58 bits per heavy atom. The molecule has 4 unspecified atom stereocenters. The molecule has 1 aromatic rings. The first-order valence-corrected chi connectivity index (χ1v) is 9.41. The van der Waals surface area contributed by atoms with Gasteiger partial charge in [0.2, 0.25) is 11.8 Å². The summed E-state index contributed by atoms with van der Waals surface area (Å²) < 4.78 is 5.40. The minimum Gasteiger partial charge on any atom is -0.496 e. The summed E-state index contributed by atoms with van der Waals surface area (Å²) in [7, 11) is 1.64. The Labute approximate surface area is 155 Å². The molecule has 2 fully saturated rings. The zero-order valence-corrected chi connectivity index (χ0v) is 16.3. The van der Waals surface area contributed by atoms with Crippen molar-refractivity contribution in [2.24, 2.45) is 22.7 Å². The zero-order chi connectivity index (χ0) is 18.9. The van der Waals surface area contributed by atoms with Crippen LogP contribution in [0.15, 0.2) is 35.4 Å². The van der Waals surface area contributed by atoms with Crippen LogP contribution in [0, 0.1) is 22.7 Å². The molecule has 1 saturated carbocycles. The molecule has 4 rings (SSSR count). The molecule has 26 heavy (non-hydrogen) atoms. The Kier molecular flexibility index (Phi) is 3.63. The summed E-state index contributed by atoms with van der Waals surface area (Å²) in [4.78, 5) is 27.9. The molecule has 1 aliphatic heterocycles. The van der Waals surface area contributed by atoms with Crippen molar-refractivity contribution in [3.63, 3.8) is 0 Å². The average Bonchev–Trinajstić information content (AvgIpc) is 3.10. The monoisotopic (exact) mass is 353 g/mol. The average molecular weight is 353 g/mol. The maximum atomic E-state index is 13.2. The van der Waals surface area contributed by atoms with E-state index in [1.54, 1.807) is 7.11 Å². The van der Waals surface area contributed by atoms with E-state index in [2.05, 4.69) is 27.7 Å². The number of hydrogen-bond donors (Lipinski definition) is 0. The van der Waals surface area contributed by atoms with Crippen molar-refractivity contribution >= 4 is 11.8 Å². The highest BCUT2D eigenvalue weighted by atomic mass is 16.5. The molecule has 4 atom stereocenters. The van der Waals surface area contributed by atoms with Crippen molar-refractivity contribution in [3.05, 3.63) is 41.0 Å². The van der Waals surface area contributed by atoms with Gasteiger partial charge in [0.1, 0.15) is 5.75 Å². The summed E-state index contributed by atoms with van der Waals surface area (Å²) in [6.45, 7) is 9.07. The maximum Gasteiger partial charge on any atom is 0.234 e. The Morgan fingerprint density at radius 3 is 2.12 bits per heavy atom. The number of fused-ring (bicyclic) bond motifs is 5. The van der Waals surface area contributed by atoms with Crippen LogP contribution in [0.25, 0.3) is 0 Å². The quantitative estimate of drug-likeness (QED) is 0.614. The fourth-order valence-corrected chi connectivity index (χ4v) is 5.94. The van der Waals surface area contributed by atoms with Gasteiger partial charge in [0, 0.05) is 17.4 Å². The van der Waals surface area contributed by atoms with E-state index in [0.29, 0.717) is 13.0 Å². The molecule has 2 bridgehead atoms. The number of carbonyl (C=O) groups is 2. The molecule has 1 saturated heterocycles. The number of ether oxygens (including phenoxy) is 1. The van der Waals surface area contributed by atoms with Gasteiger partial charge >= 0.3 is 0 Å². The van der Waals surface area contributed by atoms with Crippen LogP contribution in [0.2, 0.25) is 0 Å². The second-order valence-corrected chi connectivity index (χ2v) is 8.61. The van der Waals surface area contributed by atoms with Crippen molar-refractivity contribution in [2.45, 2.75) is 40.5 Å². The van der Waals surface area contributed by atoms with Crippen LogP contribution in [0.1, 0.15) is 39.7 Å². The molecule has 2 aliphatic carbocycles.